The third-order valence-electron chi connectivity index (χ3n) is 4.95. The summed E-state index contributed by atoms with van der Waals surface area (Å²) in [7, 11) is 1.85. The van der Waals surface area contributed by atoms with Crippen LogP contribution in [-0.4, -0.2) is 32.5 Å². The molecule has 0 aliphatic heterocycles. The van der Waals surface area contributed by atoms with Crippen molar-refractivity contribution in [3.63, 3.8) is 0 Å². The topological polar surface area (TPSA) is 84.7 Å². The minimum absolute atomic E-state index is 0.165. The van der Waals surface area contributed by atoms with Crippen molar-refractivity contribution in [2.24, 2.45) is 0 Å². The predicted octanol–water partition coefficient (Wildman–Crippen LogP) is 4.31. The van der Waals surface area contributed by atoms with E-state index in [0.29, 0.717) is 17.5 Å². The number of amides is 1. The van der Waals surface area contributed by atoms with Crippen LogP contribution in [0, 0.1) is 0 Å². The Bertz CT molecular complexity index is 1190. The predicted molar refractivity (Wildman–Crippen MR) is 119 cm³/mol. The smallest absolute Gasteiger partial charge is 0.233 e. The van der Waals surface area contributed by atoms with Gasteiger partial charge in [-0.1, -0.05) is 23.7 Å². The van der Waals surface area contributed by atoms with E-state index in [4.69, 9.17) is 11.6 Å². The summed E-state index contributed by atoms with van der Waals surface area (Å²) in [6, 6.07) is 13.2. The van der Waals surface area contributed by atoms with Crippen LogP contribution >= 0.6 is 11.6 Å². The zero-order valence-corrected chi connectivity index (χ0v) is 17.4. The molecular weight excluding hydrogens is 400 g/mol. The number of imidazole rings is 1. The summed E-state index contributed by atoms with van der Waals surface area (Å²) in [6.45, 7) is 2.28. The molecule has 0 spiro atoms. The molecule has 0 aliphatic carbocycles. The van der Waals surface area contributed by atoms with Gasteiger partial charge in [-0.05, 0) is 42.8 Å². The molecule has 2 aromatic carbocycles. The second-order valence-corrected chi connectivity index (χ2v) is 7.37. The monoisotopic (exact) mass is 420 g/mol. The Balaban J connectivity index is 1.69. The molecule has 2 N–H and O–H groups in total. The van der Waals surface area contributed by atoms with Crippen LogP contribution in [0.4, 0.5) is 11.6 Å². The zero-order chi connectivity index (χ0) is 21.1. The number of aromatic nitrogens is 4. The van der Waals surface area contributed by atoms with E-state index >= 15 is 0 Å². The van der Waals surface area contributed by atoms with Crippen LogP contribution in [0.5, 0.6) is 0 Å². The number of hydrogen-bond acceptors (Lipinski definition) is 5. The van der Waals surface area contributed by atoms with Crippen molar-refractivity contribution < 1.29 is 4.79 Å². The molecule has 8 heteroatoms. The normalized spacial score (nSPS) is 12.0. The van der Waals surface area contributed by atoms with E-state index in [9.17, 15) is 4.79 Å². The minimum atomic E-state index is -0.388. The van der Waals surface area contributed by atoms with E-state index in [0.717, 1.165) is 28.0 Å². The first kappa shape index (κ1) is 19.8. The number of rotatable bonds is 6. The molecule has 7 nitrogen and oxygen atoms in total. The van der Waals surface area contributed by atoms with Gasteiger partial charge >= 0.3 is 0 Å². The van der Waals surface area contributed by atoms with Gasteiger partial charge in [0.05, 0.1) is 35.4 Å². The van der Waals surface area contributed by atoms with Gasteiger partial charge in [0.1, 0.15) is 0 Å². The maximum Gasteiger partial charge on any atom is 0.233 e. The molecule has 4 aromatic rings. The van der Waals surface area contributed by atoms with E-state index < -0.39 is 0 Å². The zero-order valence-electron chi connectivity index (χ0n) is 16.6. The van der Waals surface area contributed by atoms with Crippen molar-refractivity contribution in [3.05, 3.63) is 77.3 Å². The lowest BCUT2D eigenvalue weighted by atomic mass is 10.0. The van der Waals surface area contributed by atoms with Crippen molar-refractivity contribution in [2.75, 3.05) is 17.7 Å². The summed E-state index contributed by atoms with van der Waals surface area (Å²) in [5.74, 6) is -0.0917. The Hall–Kier alpha value is -3.45. The largest absolute Gasteiger partial charge is 0.388 e. The Kier molecular flexibility index (Phi) is 5.63. The fraction of sp³-hybridized carbons (Fsp3) is 0.182. The second kappa shape index (κ2) is 8.51. The van der Waals surface area contributed by atoms with E-state index in [1.165, 1.54) is 0 Å². The maximum absolute atomic E-state index is 13.0. The molecule has 1 atom stereocenters. The SMILES string of the molecule is CNc1ccc2c(c1)nc(NC(=O)C(C)c1cccc(Cl)c1)n2Cc1cnccn1. The van der Waals surface area contributed by atoms with Gasteiger partial charge < -0.3 is 9.88 Å². The van der Waals surface area contributed by atoms with Crippen molar-refractivity contribution in [1.82, 2.24) is 19.5 Å². The van der Waals surface area contributed by atoms with Crippen LogP contribution in [0.15, 0.2) is 61.1 Å². The molecule has 0 fully saturated rings. The van der Waals surface area contributed by atoms with Crippen molar-refractivity contribution in [1.29, 1.82) is 0 Å². The number of hydrogen-bond donors (Lipinski definition) is 2. The molecule has 30 heavy (non-hydrogen) atoms. The quantitative estimate of drug-likeness (QED) is 0.485. The van der Waals surface area contributed by atoms with Gasteiger partial charge in [0.25, 0.3) is 0 Å². The van der Waals surface area contributed by atoms with Crippen LogP contribution in [-0.2, 0) is 11.3 Å². The third kappa shape index (κ3) is 4.11. The lowest BCUT2D eigenvalue weighted by Crippen LogP contribution is -2.21. The molecule has 152 valence electrons. The molecule has 0 bridgehead atoms. The number of halogens is 1. The first-order chi connectivity index (χ1) is 14.5. The number of carbonyl (C=O) groups excluding carboxylic acids is 1. The average Bonchev–Trinajstić information content (AvgIpc) is 3.09. The molecule has 4 rings (SSSR count). The lowest BCUT2D eigenvalue weighted by molar-refractivity contribution is -0.117. The highest BCUT2D eigenvalue weighted by atomic mass is 35.5. The van der Waals surface area contributed by atoms with E-state index in [2.05, 4.69) is 25.6 Å². The van der Waals surface area contributed by atoms with Gasteiger partial charge in [0.2, 0.25) is 11.9 Å². The third-order valence-corrected chi connectivity index (χ3v) is 5.19. The lowest BCUT2D eigenvalue weighted by Gasteiger charge is -2.14. The Labute approximate surface area is 179 Å². The van der Waals surface area contributed by atoms with E-state index in [-0.39, 0.29) is 11.8 Å². The fourth-order valence-corrected chi connectivity index (χ4v) is 3.46. The second-order valence-electron chi connectivity index (χ2n) is 6.94. The Morgan fingerprint density at radius 2 is 2.07 bits per heavy atom. The number of nitrogens with zero attached hydrogens (tertiary/aromatic N) is 4. The number of carbonyl (C=O) groups is 1. The van der Waals surface area contributed by atoms with Crippen LogP contribution in [0.25, 0.3) is 11.0 Å². The highest BCUT2D eigenvalue weighted by Crippen LogP contribution is 2.26. The summed E-state index contributed by atoms with van der Waals surface area (Å²) < 4.78 is 1.93. The Morgan fingerprint density at radius 1 is 1.20 bits per heavy atom. The fourth-order valence-electron chi connectivity index (χ4n) is 3.26. The Morgan fingerprint density at radius 3 is 2.80 bits per heavy atom. The molecule has 2 heterocycles. The van der Waals surface area contributed by atoms with Gasteiger partial charge in [-0.2, -0.15) is 0 Å². The summed E-state index contributed by atoms with van der Waals surface area (Å²) >= 11 is 6.08. The number of nitrogens with one attached hydrogen (secondary N) is 2. The molecule has 0 saturated carbocycles. The molecule has 1 amide bonds. The van der Waals surface area contributed by atoms with Crippen LogP contribution < -0.4 is 10.6 Å². The van der Waals surface area contributed by atoms with E-state index in [1.54, 1.807) is 30.7 Å². The van der Waals surface area contributed by atoms with Crippen molar-refractivity contribution >= 4 is 40.2 Å². The van der Waals surface area contributed by atoms with Gasteiger partial charge in [0, 0.05) is 30.2 Å². The maximum atomic E-state index is 13.0. The van der Waals surface area contributed by atoms with Crippen molar-refractivity contribution in [3.8, 4) is 0 Å². The summed E-state index contributed by atoms with van der Waals surface area (Å²) in [5.41, 5.74) is 4.22. The summed E-state index contributed by atoms with van der Waals surface area (Å²) in [6.07, 6.45) is 4.98. The number of fused-ring (bicyclic) bond motifs is 1. The summed E-state index contributed by atoms with van der Waals surface area (Å²) in [5, 5.41) is 6.69. The van der Waals surface area contributed by atoms with Gasteiger partial charge in [-0.25, -0.2) is 4.98 Å². The van der Waals surface area contributed by atoms with Gasteiger partial charge in [-0.3, -0.25) is 20.1 Å². The molecular formula is C22H21ClN6O. The van der Waals surface area contributed by atoms with Crippen LogP contribution in [0.3, 0.4) is 0 Å². The number of benzene rings is 2. The number of anilines is 2. The average molecular weight is 421 g/mol. The highest BCUT2D eigenvalue weighted by molar-refractivity contribution is 6.30. The molecule has 1 unspecified atom stereocenters. The minimum Gasteiger partial charge on any atom is -0.388 e. The molecule has 0 saturated heterocycles. The standard InChI is InChI=1S/C22H21ClN6O/c1-14(15-4-3-5-16(23)10-15)21(30)28-22-27-19-11-17(24-2)6-7-20(19)29(22)13-18-12-25-8-9-26-18/h3-12,14,24H,13H2,1-2H3,(H,27,28,30). The van der Waals surface area contributed by atoms with Gasteiger partial charge in [-0.15, -0.1) is 0 Å². The first-order valence-corrected chi connectivity index (χ1v) is 9.92. The first-order valence-electron chi connectivity index (χ1n) is 9.54. The highest BCUT2D eigenvalue weighted by Gasteiger charge is 2.20. The van der Waals surface area contributed by atoms with Crippen LogP contribution in [0.2, 0.25) is 5.02 Å². The summed E-state index contributed by atoms with van der Waals surface area (Å²) in [4.78, 5) is 26.1. The molecule has 2 aromatic heterocycles. The molecule has 0 radical (unpaired) electrons. The van der Waals surface area contributed by atoms with Gasteiger partial charge in [0.15, 0.2) is 0 Å². The van der Waals surface area contributed by atoms with Crippen LogP contribution in [0.1, 0.15) is 24.1 Å². The molecule has 0 aliphatic rings. The van der Waals surface area contributed by atoms with E-state index in [1.807, 2.05) is 48.9 Å². The van der Waals surface area contributed by atoms with Crippen molar-refractivity contribution in [2.45, 2.75) is 19.4 Å².